The van der Waals surface area contributed by atoms with E-state index in [1.165, 1.54) is 0 Å². The van der Waals surface area contributed by atoms with Gasteiger partial charge in [-0.15, -0.1) is 0 Å². The molecule has 4 nitrogen and oxygen atoms in total. The van der Waals surface area contributed by atoms with Gasteiger partial charge in [-0.25, -0.2) is 4.79 Å². The summed E-state index contributed by atoms with van der Waals surface area (Å²) < 4.78 is 41.4. The van der Waals surface area contributed by atoms with Crippen molar-refractivity contribution in [1.29, 1.82) is 0 Å². The van der Waals surface area contributed by atoms with Crippen LogP contribution in [0, 0.1) is 5.92 Å². The first-order chi connectivity index (χ1) is 7.51. The minimum Gasteiger partial charge on any atom is -0.434 e. The second kappa shape index (κ2) is 5.37. The van der Waals surface area contributed by atoms with Crippen molar-refractivity contribution in [1.82, 2.24) is 5.32 Å². The molecule has 0 rings (SSSR count). The Morgan fingerprint density at radius 2 is 1.76 bits per heavy atom. The Hall–Kier alpha value is -1.27. The Morgan fingerprint density at radius 1 is 1.29 bits per heavy atom. The Bertz CT molecular complexity index is 287. The van der Waals surface area contributed by atoms with Crippen LogP contribution in [0.1, 0.15) is 27.7 Å². The average Bonchev–Trinajstić information content (AvgIpc) is 2.10. The smallest absolute Gasteiger partial charge is 0.427 e. The van der Waals surface area contributed by atoms with Crippen molar-refractivity contribution in [2.45, 2.75) is 45.5 Å². The molecule has 0 heterocycles. The van der Waals surface area contributed by atoms with Gasteiger partial charge < -0.3 is 14.8 Å². The molecule has 100 valence electrons. The lowest BCUT2D eigenvalue weighted by Crippen LogP contribution is -2.48. The largest absolute Gasteiger partial charge is 0.434 e. The van der Waals surface area contributed by atoms with Gasteiger partial charge in [0.2, 0.25) is 5.60 Å². The first-order valence-corrected chi connectivity index (χ1v) is 5.03. The van der Waals surface area contributed by atoms with Crippen molar-refractivity contribution < 1.29 is 27.5 Å². The number of ether oxygens (including phenoxy) is 1. The maximum atomic E-state index is 12.4. The van der Waals surface area contributed by atoms with E-state index in [1.54, 1.807) is 13.8 Å². The summed E-state index contributed by atoms with van der Waals surface area (Å²) in [6, 6.07) is -0.869. The number of carbonyl (C=O) groups is 2. The fourth-order valence-corrected chi connectivity index (χ4v) is 0.813. The van der Waals surface area contributed by atoms with E-state index in [9.17, 15) is 22.8 Å². The molecule has 0 bridgehead atoms. The number of rotatable bonds is 4. The molecule has 0 fully saturated rings. The van der Waals surface area contributed by atoms with Crippen molar-refractivity contribution in [3.05, 3.63) is 0 Å². The second-order valence-corrected chi connectivity index (χ2v) is 4.45. The highest BCUT2D eigenvalue weighted by Crippen LogP contribution is 2.32. The Balaban J connectivity index is 4.51. The van der Waals surface area contributed by atoms with Gasteiger partial charge in [0.25, 0.3) is 0 Å². The van der Waals surface area contributed by atoms with Crippen LogP contribution in [0.5, 0.6) is 0 Å². The quantitative estimate of drug-likeness (QED) is 0.784. The lowest BCUT2D eigenvalue weighted by Gasteiger charge is -2.28. The third-order valence-electron chi connectivity index (χ3n) is 2.18. The Labute approximate surface area is 97.5 Å². The monoisotopic (exact) mass is 255 g/mol. The van der Waals surface area contributed by atoms with Gasteiger partial charge in [0, 0.05) is 0 Å². The first-order valence-electron chi connectivity index (χ1n) is 5.03. The number of hydrogen-bond donors (Lipinski definition) is 1. The standard InChI is InChI=1S/C10H16F3NO3/c1-6(2)7(5-15)14-8(16)17-9(3,4)10(11,12)13/h5-7H,1-4H3,(H,14,16). The summed E-state index contributed by atoms with van der Waals surface area (Å²) in [7, 11) is 0. The molecular formula is C10H16F3NO3. The van der Waals surface area contributed by atoms with Gasteiger partial charge in [-0.1, -0.05) is 13.8 Å². The molecule has 0 saturated carbocycles. The molecule has 0 radical (unpaired) electrons. The number of carbonyl (C=O) groups excluding carboxylic acids is 2. The molecule has 0 aliphatic carbocycles. The van der Waals surface area contributed by atoms with Gasteiger partial charge in [-0.2, -0.15) is 13.2 Å². The molecule has 0 aliphatic rings. The van der Waals surface area contributed by atoms with Gasteiger partial charge in [0.15, 0.2) is 0 Å². The SMILES string of the molecule is CC(C)C(C=O)NC(=O)OC(C)(C)C(F)(F)F. The Morgan fingerprint density at radius 3 is 2.06 bits per heavy atom. The summed E-state index contributed by atoms with van der Waals surface area (Å²) >= 11 is 0. The lowest BCUT2D eigenvalue weighted by atomic mass is 10.1. The van der Waals surface area contributed by atoms with Gasteiger partial charge in [0.05, 0.1) is 6.04 Å². The van der Waals surface area contributed by atoms with Crippen LogP contribution in [-0.4, -0.2) is 30.2 Å². The van der Waals surface area contributed by atoms with Crippen LogP contribution in [0.4, 0.5) is 18.0 Å². The van der Waals surface area contributed by atoms with E-state index < -0.39 is 23.9 Å². The summed E-state index contributed by atoms with van der Waals surface area (Å²) in [5, 5.41) is 2.07. The molecule has 1 atom stereocenters. The van der Waals surface area contributed by atoms with Gasteiger partial charge >= 0.3 is 12.3 Å². The van der Waals surface area contributed by atoms with Crippen LogP contribution in [0.15, 0.2) is 0 Å². The molecule has 0 aromatic heterocycles. The van der Waals surface area contributed by atoms with Crippen LogP contribution >= 0.6 is 0 Å². The number of nitrogens with one attached hydrogen (secondary N) is 1. The van der Waals surface area contributed by atoms with E-state index in [4.69, 9.17) is 0 Å². The van der Waals surface area contributed by atoms with Crippen LogP contribution in [0.25, 0.3) is 0 Å². The van der Waals surface area contributed by atoms with E-state index in [0.29, 0.717) is 6.29 Å². The molecule has 1 amide bonds. The number of aldehydes is 1. The number of halogens is 3. The summed E-state index contributed by atoms with van der Waals surface area (Å²) in [6.07, 6.45) is -5.48. The molecule has 0 spiro atoms. The molecule has 0 aliphatic heterocycles. The summed E-state index contributed by atoms with van der Waals surface area (Å²) in [6.45, 7) is 4.76. The summed E-state index contributed by atoms with van der Waals surface area (Å²) in [5.74, 6) is -0.228. The first kappa shape index (κ1) is 15.7. The minimum atomic E-state index is -4.67. The normalized spacial score (nSPS) is 14.4. The third-order valence-corrected chi connectivity index (χ3v) is 2.18. The lowest BCUT2D eigenvalue weighted by molar-refractivity contribution is -0.244. The van der Waals surface area contributed by atoms with Crippen molar-refractivity contribution >= 4 is 12.4 Å². The second-order valence-electron chi connectivity index (χ2n) is 4.45. The zero-order valence-electron chi connectivity index (χ0n) is 10.1. The zero-order valence-corrected chi connectivity index (χ0v) is 10.1. The van der Waals surface area contributed by atoms with Gasteiger partial charge in [-0.05, 0) is 19.8 Å². The highest BCUT2D eigenvalue weighted by molar-refractivity contribution is 5.73. The molecular weight excluding hydrogens is 239 g/mol. The molecule has 17 heavy (non-hydrogen) atoms. The predicted octanol–water partition coefficient (Wildman–Crippen LogP) is 2.28. The van der Waals surface area contributed by atoms with Gasteiger partial charge in [-0.3, -0.25) is 0 Å². The van der Waals surface area contributed by atoms with E-state index in [1.807, 2.05) is 0 Å². The topological polar surface area (TPSA) is 55.4 Å². The average molecular weight is 255 g/mol. The van der Waals surface area contributed by atoms with Crippen molar-refractivity contribution in [3.8, 4) is 0 Å². The minimum absolute atomic E-state index is 0.228. The van der Waals surface area contributed by atoms with Crippen molar-refractivity contribution in [3.63, 3.8) is 0 Å². The van der Waals surface area contributed by atoms with Crippen LogP contribution in [0.3, 0.4) is 0 Å². The molecule has 7 heteroatoms. The van der Waals surface area contributed by atoms with E-state index in [0.717, 1.165) is 13.8 Å². The van der Waals surface area contributed by atoms with E-state index >= 15 is 0 Å². The van der Waals surface area contributed by atoms with E-state index in [-0.39, 0.29) is 5.92 Å². The molecule has 0 saturated heterocycles. The number of alkyl halides is 3. The summed E-state index contributed by atoms with van der Waals surface area (Å²) in [4.78, 5) is 21.7. The maximum absolute atomic E-state index is 12.4. The van der Waals surface area contributed by atoms with E-state index in [2.05, 4.69) is 10.1 Å². The van der Waals surface area contributed by atoms with Crippen molar-refractivity contribution in [2.75, 3.05) is 0 Å². The maximum Gasteiger partial charge on any atom is 0.427 e. The van der Waals surface area contributed by atoms with Crippen LogP contribution in [-0.2, 0) is 9.53 Å². The number of hydrogen-bond acceptors (Lipinski definition) is 3. The van der Waals surface area contributed by atoms with Crippen LogP contribution in [0.2, 0.25) is 0 Å². The number of alkyl carbamates (subject to hydrolysis) is 1. The highest BCUT2D eigenvalue weighted by atomic mass is 19.4. The molecule has 0 aromatic rings. The highest BCUT2D eigenvalue weighted by Gasteiger charge is 2.51. The fraction of sp³-hybridized carbons (Fsp3) is 0.800. The zero-order chi connectivity index (χ0) is 13.9. The molecule has 1 N–H and O–H groups in total. The third kappa shape index (κ3) is 4.62. The van der Waals surface area contributed by atoms with Crippen LogP contribution < -0.4 is 5.32 Å². The molecule has 0 aromatic carbocycles. The Kier molecular flexibility index (Phi) is 4.97. The summed E-state index contributed by atoms with van der Waals surface area (Å²) in [5.41, 5.74) is -2.60. The number of amides is 1. The van der Waals surface area contributed by atoms with Gasteiger partial charge in [0.1, 0.15) is 6.29 Å². The van der Waals surface area contributed by atoms with Crippen molar-refractivity contribution in [2.24, 2.45) is 5.92 Å². The fourth-order valence-electron chi connectivity index (χ4n) is 0.813. The predicted molar refractivity (Wildman–Crippen MR) is 54.4 cm³/mol. The molecule has 1 unspecified atom stereocenters.